The lowest BCUT2D eigenvalue weighted by Gasteiger charge is -2.41. The summed E-state index contributed by atoms with van der Waals surface area (Å²) in [7, 11) is -3.83. The minimum Gasteiger partial charge on any atom is -0.449 e. The summed E-state index contributed by atoms with van der Waals surface area (Å²) >= 11 is 0. The van der Waals surface area contributed by atoms with Gasteiger partial charge in [-0.05, 0) is 48.4 Å². The normalized spacial score (nSPS) is 15.6. The summed E-state index contributed by atoms with van der Waals surface area (Å²) in [6, 6.07) is 12.0. The van der Waals surface area contributed by atoms with Crippen LogP contribution in [-0.2, 0) is 21.1 Å². The molecule has 1 saturated heterocycles. The lowest BCUT2D eigenvalue weighted by molar-refractivity contribution is -0.383. The zero-order chi connectivity index (χ0) is 33.1. The summed E-state index contributed by atoms with van der Waals surface area (Å²) in [5.74, 6) is -1.26. The van der Waals surface area contributed by atoms with Gasteiger partial charge >= 0.3 is 11.8 Å². The molecule has 1 atom stereocenters. The monoisotopic (exact) mass is 642 g/mol. The van der Waals surface area contributed by atoms with Crippen molar-refractivity contribution < 1.29 is 32.9 Å². The molecule has 15 heteroatoms. The van der Waals surface area contributed by atoms with Crippen LogP contribution in [-0.4, -0.2) is 71.3 Å². The minimum absolute atomic E-state index is 0.0386. The molecule has 1 aliphatic rings. The number of fused-ring (bicyclic) bond motifs is 1. The average molecular weight is 643 g/mol. The SMILES string of the molecule is CC(C)(C)C(COC(N)=O)C1CCN(C(=O)c2c([N+](=O)[O-])c3ccc(C(N)=NO)cc3n2CCS(=O)(=O)c2ccccc2)CC1. The Bertz CT molecular complexity index is 1720. The van der Waals surface area contributed by atoms with Crippen LogP contribution >= 0.6 is 0 Å². The summed E-state index contributed by atoms with van der Waals surface area (Å²) in [5.41, 5.74) is 10.5. The fourth-order valence-electron chi connectivity index (χ4n) is 6.06. The third-order valence-electron chi connectivity index (χ3n) is 8.43. The number of benzene rings is 2. The molecule has 1 fully saturated rings. The number of amides is 2. The zero-order valence-corrected chi connectivity index (χ0v) is 26.2. The molecule has 242 valence electrons. The topological polar surface area (TPSA) is 213 Å². The highest BCUT2D eigenvalue weighted by Crippen LogP contribution is 2.39. The molecule has 1 aromatic heterocycles. The molecule has 45 heavy (non-hydrogen) atoms. The molecule has 14 nitrogen and oxygen atoms in total. The van der Waals surface area contributed by atoms with Crippen molar-refractivity contribution in [3.8, 4) is 0 Å². The average Bonchev–Trinajstić information content (AvgIpc) is 3.33. The Morgan fingerprint density at radius 2 is 1.78 bits per heavy atom. The maximum absolute atomic E-state index is 14.2. The van der Waals surface area contributed by atoms with Gasteiger partial charge in [-0.3, -0.25) is 14.9 Å². The second kappa shape index (κ2) is 13.1. The predicted octanol–water partition coefficient (Wildman–Crippen LogP) is 3.73. The molecule has 2 amide bonds. The van der Waals surface area contributed by atoms with E-state index in [1.54, 1.807) is 18.2 Å². The number of hydrogen-bond acceptors (Lipinski definition) is 9. The molecule has 0 bridgehead atoms. The second-order valence-electron chi connectivity index (χ2n) is 12.2. The molecular weight excluding hydrogens is 604 g/mol. The summed E-state index contributed by atoms with van der Waals surface area (Å²) < 4.78 is 32.9. The Morgan fingerprint density at radius 3 is 2.33 bits per heavy atom. The van der Waals surface area contributed by atoms with Crippen LogP contribution in [0.1, 0.15) is 49.7 Å². The molecule has 2 heterocycles. The van der Waals surface area contributed by atoms with E-state index in [4.69, 9.17) is 16.2 Å². The van der Waals surface area contributed by atoms with Gasteiger partial charge in [0, 0.05) is 31.1 Å². The van der Waals surface area contributed by atoms with Crippen LogP contribution in [0.5, 0.6) is 0 Å². The third kappa shape index (κ3) is 7.19. The Labute approximate surface area is 260 Å². The first-order valence-electron chi connectivity index (χ1n) is 14.4. The van der Waals surface area contributed by atoms with Gasteiger partial charge in [-0.25, -0.2) is 13.2 Å². The van der Waals surface area contributed by atoms with Crippen molar-refractivity contribution in [1.82, 2.24) is 9.47 Å². The van der Waals surface area contributed by atoms with E-state index >= 15 is 0 Å². The van der Waals surface area contributed by atoms with Crippen LogP contribution < -0.4 is 11.5 Å². The van der Waals surface area contributed by atoms with Crippen LogP contribution in [0.25, 0.3) is 10.9 Å². The van der Waals surface area contributed by atoms with E-state index in [9.17, 15) is 33.3 Å². The molecule has 3 aromatic rings. The largest absolute Gasteiger partial charge is 0.449 e. The number of oxime groups is 1. The van der Waals surface area contributed by atoms with E-state index in [2.05, 4.69) is 5.16 Å². The number of aryl methyl sites for hydroxylation is 1. The maximum Gasteiger partial charge on any atom is 0.404 e. The second-order valence-corrected chi connectivity index (χ2v) is 14.3. The minimum atomic E-state index is -3.83. The molecule has 5 N–H and O–H groups in total. The predicted molar refractivity (Wildman–Crippen MR) is 167 cm³/mol. The van der Waals surface area contributed by atoms with Crippen molar-refractivity contribution in [2.24, 2.45) is 33.9 Å². The number of primary amides is 1. The number of amidine groups is 1. The first kappa shape index (κ1) is 33.2. The highest BCUT2D eigenvalue weighted by Gasteiger charge is 2.39. The molecule has 0 saturated carbocycles. The summed E-state index contributed by atoms with van der Waals surface area (Å²) in [5, 5.41) is 24.8. The number of carbonyl (C=O) groups excluding carboxylic acids is 2. The fraction of sp³-hybridized carbons (Fsp3) is 0.433. The number of likely N-dealkylation sites (tertiary alicyclic amines) is 1. The standard InChI is InChI=1S/C30H38N6O8S/c1-30(2,3)23(18-44-29(32)38)19-11-13-34(14-12-19)28(37)26-25(36(40)41)22-10-9-20(27(31)33-39)17-24(22)35(26)15-16-45(42,43)21-7-5-4-6-8-21/h4-10,17,19,23,39H,11-16,18H2,1-3H3,(H2,31,33)(H2,32,38). The van der Waals surface area contributed by atoms with Crippen molar-refractivity contribution in [3.63, 3.8) is 0 Å². The zero-order valence-electron chi connectivity index (χ0n) is 25.4. The van der Waals surface area contributed by atoms with Crippen molar-refractivity contribution in [3.05, 3.63) is 69.9 Å². The Kier molecular flexibility index (Phi) is 9.71. The van der Waals surface area contributed by atoms with Gasteiger partial charge in [0.05, 0.1) is 33.1 Å². The Morgan fingerprint density at radius 1 is 1.13 bits per heavy atom. The van der Waals surface area contributed by atoms with E-state index in [0.29, 0.717) is 12.8 Å². The van der Waals surface area contributed by atoms with Gasteiger partial charge in [-0.1, -0.05) is 50.2 Å². The molecule has 4 rings (SSSR count). The van der Waals surface area contributed by atoms with Crippen LogP contribution in [0.2, 0.25) is 0 Å². The van der Waals surface area contributed by atoms with Gasteiger partial charge in [-0.15, -0.1) is 0 Å². The van der Waals surface area contributed by atoms with Crippen molar-refractivity contribution in [2.75, 3.05) is 25.4 Å². The number of aromatic nitrogens is 1. The van der Waals surface area contributed by atoms with E-state index in [0.717, 1.165) is 0 Å². The molecule has 0 radical (unpaired) electrons. The quantitative estimate of drug-likeness (QED) is 0.0964. The van der Waals surface area contributed by atoms with E-state index in [1.165, 1.54) is 39.8 Å². The number of nitrogens with zero attached hydrogens (tertiary/aromatic N) is 4. The highest BCUT2D eigenvalue weighted by atomic mass is 32.2. The number of nitro groups is 1. The maximum atomic E-state index is 14.2. The van der Waals surface area contributed by atoms with Gasteiger partial charge in [0.2, 0.25) is 0 Å². The number of sulfone groups is 1. The summed E-state index contributed by atoms with van der Waals surface area (Å²) in [6.07, 6.45) is 0.251. The van der Waals surface area contributed by atoms with Crippen molar-refractivity contribution in [2.45, 2.75) is 45.1 Å². The van der Waals surface area contributed by atoms with Gasteiger partial charge < -0.3 is 30.9 Å². The number of piperidine rings is 1. The highest BCUT2D eigenvalue weighted by molar-refractivity contribution is 7.91. The molecule has 1 unspecified atom stereocenters. The van der Waals surface area contributed by atoms with E-state index in [1.807, 2.05) is 20.8 Å². The van der Waals surface area contributed by atoms with Gasteiger partial charge in [0.25, 0.3) is 5.91 Å². The van der Waals surface area contributed by atoms with Crippen LogP contribution in [0.4, 0.5) is 10.5 Å². The first-order chi connectivity index (χ1) is 21.2. The third-order valence-corrected chi connectivity index (χ3v) is 10.1. The lowest BCUT2D eigenvalue weighted by atomic mass is 9.70. The first-order valence-corrected chi connectivity index (χ1v) is 16.1. The van der Waals surface area contributed by atoms with Crippen LogP contribution in [0.3, 0.4) is 0 Å². The van der Waals surface area contributed by atoms with Crippen molar-refractivity contribution >= 4 is 44.3 Å². The molecule has 0 aliphatic carbocycles. The van der Waals surface area contributed by atoms with Gasteiger partial charge in [0.15, 0.2) is 21.4 Å². The fourth-order valence-corrected chi connectivity index (χ4v) is 7.29. The number of ether oxygens (including phenoxy) is 1. The van der Waals surface area contributed by atoms with Crippen LogP contribution in [0.15, 0.2) is 58.6 Å². The number of hydrogen-bond donors (Lipinski definition) is 3. The summed E-state index contributed by atoms with van der Waals surface area (Å²) in [6.45, 7) is 6.53. The van der Waals surface area contributed by atoms with E-state index in [-0.39, 0.29) is 76.4 Å². The van der Waals surface area contributed by atoms with Crippen LogP contribution in [0, 0.1) is 27.4 Å². The van der Waals surface area contributed by atoms with Gasteiger partial charge in [-0.2, -0.15) is 0 Å². The Balaban J connectivity index is 1.73. The number of nitrogens with two attached hydrogens (primary N) is 2. The molecule has 1 aliphatic heterocycles. The lowest BCUT2D eigenvalue weighted by Crippen LogP contribution is -2.44. The molecule has 0 spiro atoms. The van der Waals surface area contributed by atoms with Crippen molar-refractivity contribution in [1.29, 1.82) is 0 Å². The van der Waals surface area contributed by atoms with E-state index < -0.39 is 38.2 Å². The molecular formula is C30H38N6O8S. The number of rotatable bonds is 10. The molecule has 2 aromatic carbocycles. The summed E-state index contributed by atoms with van der Waals surface area (Å²) in [4.78, 5) is 38.9. The smallest absolute Gasteiger partial charge is 0.404 e. The van der Waals surface area contributed by atoms with Gasteiger partial charge in [0.1, 0.15) is 0 Å². The number of carbonyl (C=O) groups is 2. The Hall–Kier alpha value is -4.66.